The Morgan fingerprint density at radius 2 is 1.91 bits per heavy atom. The third kappa shape index (κ3) is 4.81. The topological polar surface area (TPSA) is 121 Å². The zero-order valence-corrected chi connectivity index (χ0v) is 17.3. The number of ether oxygens (including phenoxy) is 2. The standard InChI is InChI=1S/C22H19N5O5/c1-3-30-22(29)21-24-19(26-32-21)14-7-9-16(10-8-14)31-17-6-4-5-15(13-17)20(28)23-18-11-12-27(2)25-18/h4-13H,3H2,1-2H3,(H,23,25,28). The molecule has 1 amide bonds. The molecule has 0 bridgehead atoms. The Morgan fingerprint density at radius 1 is 1.09 bits per heavy atom. The number of aryl methyl sites for hydroxylation is 1. The van der Waals surface area contributed by atoms with E-state index >= 15 is 0 Å². The summed E-state index contributed by atoms with van der Waals surface area (Å²) in [5.41, 5.74) is 1.07. The third-order valence-electron chi connectivity index (χ3n) is 4.28. The lowest BCUT2D eigenvalue weighted by Gasteiger charge is -2.08. The molecule has 0 unspecified atom stereocenters. The van der Waals surface area contributed by atoms with Crippen LogP contribution in [0.1, 0.15) is 28.0 Å². The molecule has 1 N–H and O–H groups in total. The van der Waals surface area contributed by atoms with Gasteiger partial charge in [0.2, 0.25) is 5.82 Å². The van der Waals surface area contributed by atoms with Gasteiger partial charge in [-0.2, -0.15) is 10.1 Å². The van der Waals surface area contributed by atoms with E-state index in [2.05, 4.69) is 20.6 Å². The van der Waals surface area contributed by atoms with Crippen molar-refractivity contribution in [1.82, 2.24) is 19.9 Å². The van der Waals surface area contributed by atoms with E-state index < -0.39 is 5.97 Å². The van der Waals surface area contributed by atoms with E-state index in [4.69, 9.17) is 14.0 Å². The summed E-state index contributed by atoms with van der Waals surface area (Å²) in [6, 6.07) is 15.4. The number of carbonyl (C=O) groups is 2. The van der Waals surface area contributed by atoms with Gasteiger partial charge in [-0.05, 0) is 49.4 Å². The van der Waals surface area contributed by atoms with E-state index in [-0.39, 0.29) is 24.2 Å². The molecule has 2 aromatic carbocycles. The molecule has 0 radical (unpaired) electrons. The van der Waals surface area contributed by atoms with Crippen molar-refractivity contribution in [3.8, 4) is 22.9 Å². The molecular formula is C22H19N5O5. The van der Waals surface area contributed by atoms with E-state index in [1.807, 2.05) is 0 Å². The molecule has 4 aromatic rings. The molecule has 0 spiro atoms. The number of nitrogens with one attached hydrogen (secondary N) is 1. The van der Waals surface area contributed by atoms with Gasteiger partial charge >= 0.3 is 11.9 Å². The molecule has 0 aliphatic carbocycles. The molecule has 0 aliphatic heterocycles. The maximum atomic E-state index is 12.4. The molecular weight excluding hydrogens is 414 g/mol. The number of amides is 1. The van der Waals surface area contributed by atoms with E-state index in [0.29, 0.717) is 28.4 Å². The van der Waals surface area contributed by atoms with Gasteiger partial charge in [0, 0.05) is 30.4 Å². The van der Waals surface area contributed by atoms with Crippen LogP contribution in [0.3, 0.4) is 0 Å². The predicted octanol–water partition coefficient (Wildman–Crippen LogP) is 3.69. The Bertz CT molecular complexity index is 1250. The lowest BCUT2D eigenvalue weighted by atomic mass is 10.2. The molecule has 0 fully saturated rings. The Hall–Kier alpha value is -4.47. The Kier molecular flexibility index (Phi) is 5.93. The van der Waals surface area contributed by atoms with E-state index in [9.17, 15) is 9.59 Å². The van der Waals surface area contributed by atoms with Crippen LogP contribution in [0.15, 0.2) is 65.3 Å². The lowest BCUT2D eigenvalue weighted by molar-refractivity contribution is 0.0470. The molecule has 0 aliphatic rings. The van der Waals surface area contributed by atoms with Gasteiger partial charge in [-0.3, -0.25) is 9.48 Å². The van der Waals surface area contributed by atoms with Crippen molar-refractivity contribution in [1.29, 1.82) is 0 Å². The summed E-state index contributed by atoms with van der Waals surface area (Å²) in [4.78, 5) is 28.1. The SMILES string of the molecule is CCOC(=O)c1nc(-c2ccc(Oc3cccc(C(=O)Nc4ccn(C)n4)c3)cc2)no1. The van der Waals surface area contributed by atoms with Gasteiger partial charge in [-0.1, -0.05) is 11.2 Å². The minimum atomic E-state index is -0.668. The highest BCUT2D eigenvalue weighted by Crippen LogP contribution is 2.25. The van der Waals surface area contributed by atoms with Crippen LogP contribution < -0.4 is 10.1 Å². The van der Waals surface area contributed by atoms with E-state index in [0.717, 1.165) is 0 Å². The number of carbonyl (C=O) groups excluding carboxylic acids is 2. The van der Waals surface area contributed by atoms with Gasteiger partial charge in [-0.15, -0.1) is 0 Å². The highest BCUT2D eigenvalue weighted by molar-refractivity contribution is 6.04. The van der Waals surface area contributed by atoms with Crippen LogP contribution in [0, 0.1) is 0 Å². The third-order valence-corrected chi connectivity index (χ3v) is 4.28. The highest BCUT2D eigenvalue weighted by Gasteiger charge is 2.17. The van der Waals surface area contributed by atoms with Gasteiger partial charge in [0.05, 0.1) is 6.61 Å². The summed E-state index contributed by atoms with van der Waals surface area (Å²) >= 11 is 0. The molecule has 4 rings (SSSR count). The van der Waals surface area contributed by atoms with Gasteiger partial charge in [0.15, 0.2) is 5.82 Å². The lowest BCUT2D eigenvalue weighted by Crippen LogP contribution is -2.12. The number of benzene rings is 2. The summed E-state index contributed by atoms with van der Waals surface area (Å²) in [5.74, 6) is 0.598. The second-order valence-electron chi connectivity index (χ2n) is 6.63. The summed E-state index contributed by atoms with van der Waals surface area (Å²) in [6.07, 6.45) is 1.74. The first-order chi connectivity index (χ1) is 15.5. The van der Waals surface area contributed by atoms with Crippen LogP contribution in [0.25, 0.3) is 11.4 Å². The quantitative estimate of drug-likeness (QED) is 0.438. The molecule has 10 nitrogen and oxygen atoms in total. The second-order valence-corrected chi connectivity index (χ2v) is 6.63. The summed E-state index contributed by atoms with van der Waals surface area (Å²) < 4.78 is 17.2. The van der Waals surface area contributed by atoms with Crippen molar-refractivity contribution >= 4 is 17.7 Å². The number of nitrogens with zero attached hydrogens (tertiary/aromatic N) is 4. The number of hydrogen-bond donors (Lipinski definition) is 1. The van der Waals surface area contributed by atoms with Crippen molar-refractivity contribution < 1.29 is 23.6 Å². The summed E-state index contributed by atoms with van der Waals surface area (Å²) in [5, 5.41) is 10.7. The fraction of sp³-hybridized carbons (Fsp3) is 0.136. The molecule has 10 heteroatoms. The second kappa shape index (κ2) is 9.13. The number of hydrogen-bond acceptors (Lipinski definition) is 8. The number of esters is 1. The minimum absolute atomic E-state index is 0.206. The first-order valence-electron chi connectivity index (χ1n) is 9.72. The monoisotopic (exact) mass is 433 g/mol. The van der Waals surface area contributed by atoms with Crippen LogP contribution in [0.4, 0.5) is 5.82 Å². The normalized spacial score (nSPS) is 10.6. The maximum Gasteiger partial charge on any atom is 0.397 e. The summed E-state index contributed by atoms with van der Waals surface area (Å²) in [7, 11) is 1.77. The highest BCUT2D eigenvalue weighted by atomic mass is 16.6. The zero-order chi connectivity index (χ0) is 22.5. The molecule has 2 aromatic heterocycles. The van der Waals surface area contributed by atoms with Crippen LogP contribution in [-0.2, 0) is 11.8 Å². The molecule has 0 atom stereocenters. The number of aromatic nitrogens is 4. The van der Waals surface area contributed by atoms with Gasteiger partial charge < -0.3 is 19.3 Å². The molecule has 2 heterocycles. The summed E-state index contributed by atoms with van der Waals surface area (Å²) in [6.45, 7) is 1.91. The maximum absolute atomic E-state index is 12.4. The van der Waals surface area contributed by atoms with Crippen LogP contribution in [-0.4, -0.2) is 38.4 Å². The predicted molar refractivity (Wildman–Crippen MR) is 113 cm³/mol. The van der Waals surface area contributed by atoms with Crippen LogP contribution >= 0.6 is 0 Å². The molecule has 32 heavy (non-hydrogen) atoms. The van der Waals surface area contributed by atoms with Crippen LogP contribution in [0.2, 0.25) is 0 Å². The van der Waals surface area contributed by atoms with Crippen molar-refractivity contribution in [2.45, 2.75) is 6.92 Å². The molecule has 162 valence electrons. The average molecular weight is 433 g/mol. The van der Waals surface area contributed by atoms with Crippen molar-refractivity contribution in [2.24, 2.45) is 7.05 Å². The number of rotatable bonds is 7. The van der Waals surface area contributed by atoms with Crippen molar-refractivity contribution in [3.05, 3.63) is 72.2 Å². The average Bonchev–Trinajstić information content (AvgIpc) is 3.44. The fourth-order valence-corrected chi connectivity index (χ4v) is 2.80. The van der Waals surface area contributed by atoms with Gasteiger partial charge in [0.25, 0.3) is 5.91 Å². The minimum Gasteiger partial charge on any atom is -0.459 e. The Labute approximate surface area is 182 Å². The smallest absolute Gasteiger partial charge is 0.397 e. The molecule has 0 saturated heterocycles. The van der Waals surface area contributed by atoms with Gasteiger partial charge in [-0.25, -0.2) is 4.79 Å². The van der Waals surface area contributed by atoms with Crippen molar-refractivity contribution in [3.63, 3.8) is 0 Å². The Morgan fingerprint density at radius 3 is 2.62 bits per heavy atom. The molecule has 0 saturated carbocycles. The van der Waals surface area contributed by atoms with E-state index in [1.54, 1.807) is 79.4 Å². The van der Waals surface area contributed by atoms with Gasteiger partial charge in [0.1, 0.15) is 11.5 Å². The number of anilines is 1. The van der Waals surface area contributed by atoms with E-state index in [1.165, 1.54) is 0 Å². The first-order valence-corrected chi connectivity index (χ1v) is 9.72. The largest absolute Gasteiger partial charge is 0.459 e. The van der Waals surface area contributed by atoms with Crippen molar-refractivity contribution in [2.75, 3.05) is 11.9 Å². The Balaban J connectivity index is 1.43. The zero-order valence-electron chi connectivity index (χ0n) is 17.3. The first kappa shape index (κ1) is 20.8. The fourth-order valence-electron chi connectivity index (χ4n) is 2.80. The van der Waals surface area contributed by atoms with Crippen LogP contribution in [0.5, 0.6) is 11.5 Å².